The van der Waals surface area contributed by atoms with Gasteiger partial charge < -0.3 is 15.0 Å². The third kappa shape index (κ3) is 3.30. The van der Waals surface area contributed by atoms with Gasteiger partial charge >= 0.3 is 0 Å². The van der Waals surface area contributed by atoms with Crippen LogP contribution in [0.15, 0.2) is 30.6 Å². The Morgan fingerprint density at radius 1 is 1.36 bits per heavy atom. The monoisotopic (exact) mass is 296 g/mol. The van der Waals surface area contributed by atoms with Gasteiger partial charge in [0, 0.05) is 19.3 Å². The van der Waals surface area contributed by atoms with E-state index in [0.717, 1.165) is 19.5 Å². The van der Waals surface area contributed by atoms with E-state index in [0.29, 0.717) is 11.6 Å². The molecule has 0 bridgehead atoms. The molecule has 22 heavy (non-hydrogen) atoms. The van der Waals surface area contributed by atoms with Crippen LogP contribution in [0.2, 0.25) is 0 Å². The molecule has 2 aromatic rings. The van der Waals surface area contributed by atoms with Crippen molar-refractivity contribution in [2.24, 2.45) is 0 Å². The average Bonchev–Trinajstić information content (AvgIpc) is 2.94. The van der Waals surface area contributed by atoms with Gasteiger partial charge in [0.25, 0.3) is 5.88 Å². The minimum absolute atomic E-state index is 0.0384. The average molecular weight is 296 g/mol. The van der Waals surface area contributed by atoms with Crippen molar-refractivity contribution in [3.05, 3.63) is 36.3 Å². The highest BCUT2D eigenvalue weighted by Crippen LogP contribution is 2.21. The van der Waals surface area contributed by atoms with Gasteiger partial charge in [-0.05, 0) is 25.6 Å². The minimum Gasteiger partial charge on any atom is -0.471 e. The smallest absolute Gasteiger partial charge is 0.253 e. The molecule has 1 atom stereocenters. The normalized spacial score (nSPS) is 17.9. The molecule has 1 fully saturated rings. The van der Waals surface area contributed by atoms with Crippen LogP contribution in [0.1, 0.15) is 12.1 Å². The van der Waals surface area contributed by atoms with Crippen LogP contribution in [0.3, 0.4) is 0 Å². The van der Waals surface area contributed by atoms with Crippen LogP contribution in [0, 0.1) is 11.3 Å². The Balaban J connectivity index is 1.79. The Kier molecular flexibility index (Phi) is 4.12. The summed E-state index contributed by atoms with van der Waals surface area (Å²) in [6.45, 7) is 1.80. The molecule has 0 aromatic carbocycles. The maximum absolute atomic E-state index is 9.15. The SMILES string of the molecule is CN1CCC(Oc2nc(Nc3ccccn3)cnc2C#N)C1. The van der Waals surface area contributed by atoms with E-state index in [1.807, 2.05) is 31.3 Å². The molecule has 0 spiro atoms. The summed E-state index contributed by atoms with van der Waals surface area (Å²) in [6.07, 6.45) is 4.14. The fourth-order valence-electron chi connectivity index (χ4n) is 2.31. The van der Waals surface area contributed by atoms with Crippen LogP contribution in [0.25, 0.3) is 0 Å². The summed E-state index contributed by atoms with van der Waals surface area (Å²) in [5, 5.41) is 12.2. The Morgan fingerprint density at radius 3 is 2.95 bits per heavy atom. The lowest BCUT2D eigenvalue weighted by atomic mass is 10.3. The Bertz CT molecular complexity index is 684. The van der Waals surface area contributed by atoms with Crippen LogP contribution in [0.4, 0.5) is 11.6 Å². The van der Waals surface area contributed by atoms with E-state index in [1.54, 1.807) is 6.20 Å². The van der Waals surface area contributed by atoms with E-state index in [2.05, 4.69) is 25.2 Å². The van der Waals surface area contributed by atoms with Crippen molar-refractivity contribution in [2.45, 2.75) is 12.5 Å². The van der Waals surface area contributed by atoms with E-state index in [-0.39, 0.29) is 17.7 Å². The van der Waals surface area contributed by atoms with E-state index in [4.69, 9.17) is 10.00 Å². The summed E-state index contributed by atoms with van der Waals surface area (Å²) < 4.78 is 5.85. The van der Waals surface area contributed by atoms with E-state index in [1.165, 1.54) is 6.20 Å². The third-order valence-corrected chi connectivity index (χ3v) is 3.39. The molecule has 7 heteroatoms. The molecular weight excluding hydrogens is 280 g/mol. The zero-order valence-electron chi connectivity index (χ0n) is 12.2. The van der Waals surface area contributed by atoms with Crippen molar-refractivity contribution in [2.75, 3.05) is 25.5 Å². The fourth-order valence-corrected chi connectivity index (χ4v) is 2.31. The second-order valence-corrected chi connectivity index (χ2v) is 5.15. The molecule has 3 rings (SSSR count). The van der Waals surface area contributed by atoms with Crippen LogP contribution >= 0.6 is 0 Å². The van der Waals surface area contributed by atoms with Crippen LogP contribution < -0.4 is 10.1 Å². The largest absolute Gasteiger partial charge is 0.471 e. The standard InChI is InChI=1S/C15H16N6O/c1-21-7-5-11(10-21)22-15-12(8-16)18-9-14(20-15)19-13-4-2-3-6-17-13/h2-4,6,9,11H,5,7,10H2,1H3,(H,17,19,20). The minimum atomic E-state index is 0.0384. The predicted octanol–water partition coefficient (Wildman–Crippen LogP) is 1.57. The van der Waals surface area contributed by atoms with Crippen molar-refractivity contribution in [1.82, 2.24) is 19.9 Å². The van der Waals surface area contributed by atoms with Gasteiger partial charge in [-0.1, -0.05) is 6.07 Å². The molecule has 0 saturated carbocycles. The summed E-state index contributed by atoms with van der Waals surface area (Å²) in [7, 11) is 2.04. The summed E-state index contributed by atoms with van der Waals surface area (Å²) in [6, 6.07) is 7.55. The Hall–Kier alpha value is -2.72. The van der Waals surface area contributed by atoms with Gasteiger partial charge in [0.05, 0.1) is 6.20 Å². The van der Waals surface area contributed by atoms with Gasteiger partial charge in [0.1, 0.15) is 18.0 Å². The third-order valence-electron chi connectivity index (χ3n) is 3.39. The Morgan fingerprint density at radius 2 is 2.27 bits per heavy atom. The van der Waals surface area contributed by atoms with Crippen molar-refractivity contribution in [3.63, 3.8) is 0 Å². The lowest BCUT2D eigenvalue weighted by Gasteiger charge is -2.14. The fraction of sp³-hybridized carbons (Fsp3) is 0.333. The zero-order chi connectivity index (χ0) is 15.4. The number of ether oxygens (including phenoxy) is 1. The number of pyridine rings is 1. The van der Waals surface area contributed by atoms with E-state index < -0.39 is 0 Å². The highest BCUT2D eigenvalue weighted by molar-refractivity contribution is 5.51. The quantitative estimate of drug-likeness (QED) is 0.916. The van der Waals surface area contributed by atoms with Crippen LogP contribution in [-0.2, 0) is 0 Å². The molecule has 0 aliphatic carbocycles. The molecule has 112 valence electrons. The first-order chi connectivity index (χ1) is 10.7. The van der Waals surface area contributed by atoms with Crippen molar-refractivity contribution < 1.29 is 4.74 Å². The second kappa shape index (κ2) is 6.37. The first kappa shape index (κ1) is 14.2. The number of nitrogens with one attached hydrogen (secondary N) is 1. The summed E-state index contributed by atoms with van der Waals surface area (Å²) in [5.74, 6) is 1.43. The maximum atomic E-state index is 9.15. The number of rotatable bonds is 4. The van der Waals surface area contributed by atoms with Gasteiger partial charge in [0.15, 0.2) is 5.82 Å². The molecule has 1 N–H and O–H groups in total. The first-order valence-corrected chi connectivity index (χ1v) is 7.05. The predicted molar refractivity (Wildman–Crippen MR) is 80.8 cm³/mol. The first-order valence-electron chi connectivity index (χ1n) is 7.05. The van der Waals surface area contributed by atoms with Crippen LogP contribution in [0.5, 0.6) is 5.88 Å². The van der Waals surface area contributed by atoms with Gasteiger partial charge in [-0.25, -0.2) is 9.97 Å². The molecule has 1 saturated heterocycles. The van der Waals surface area contributed by atoms with Crippen molar-refractivity contribution >= 4 is 11.6 Å². The number of anilines is 2. The highest BCUT2D eigenvalue weighted by Gasteiger charge is 2.23. The zero-order valence-corrected chi connectivity index (χ0v) is 12.2. The number of nitriles is 1. The second-order valence-electron chi connectivity index (χ2n) is 5.15. The van der Waals surface area contributed by atoms with Gasteiger partial charge in [-0.3, -0.25) is 0 Å². The van der Waals surface area contributed by atoms with Gasteiger partial charge in [-0.2, -0.15) is 10.2 Å². The molecule has 2 aromatic heterocycles. The molecular formula is C15H16N6O. The highest BCUT2D eigenvalue weighted by atomic mass is 16.5. The summed E-state index contributed by atoms with van der Waals surface area (Å²) in [4.78, 5) is 14.8. The number of aromatic nitrogens is 3. The van der Waals surface area contributed by atoms with Crippen LogP contribution in [-0.4, -0.2) is 46.1 Å². The molecule has 1 aliphatic rings. The molecule has 3 heterocycles. The number of likely N-dealkylation sites (tertiary alicyclic amines) is 1. The lowest BCUT2D eigenvalue weighted by Crippen LogP contribution is -2.22. The van der Waals surface area contributed by atoms with Gasteiger partial charge in [-0.15, -0.1) is 0 Å². The van der Waals surface area contributed by atoms with E-state index in [9.17, 15) is 0 Å². The molecule has 1 unspecified atom stereocenters. The number of hydrogen-bond donors (Lipinski definition) is 1. The number of hydrogen-bond acceptors (Lipinski definition) is 7. The summed E-state index contributed by atoms with van der Waals surface area (Å²) in [5.41, 5.74) is 0.195. The van der Waals surface area contributed by atoms with Gasteiger partial charge in [0.2, 0.25) is 5.69 Å². The molecule has 0 radical (unpaired) electrons. The topological polar surface area (TPSA) is 87.0 Å². The molecule has 1 aliphatic heterocycles. The Labute approximate surface area is 128 Å². The summed E-state index contributed by atoms with van der Waals surface area (Å²) >= 11 is 0. The maximum Gasteiger partial charge on any atom is 0.253 e. The number of nitrogens with zero attached hydrogens (tertiary/aromatic N) is 5. The van der Waals surface area contributed by atoms with Crippen molar-refractivity contribution in [1.29, 1.82) is 5.26 Å². The lowest BCUT2D eigenvalue weighted by molar-refractivity contribution is 0.199. The molecule has 7 nitrogen and oxygen atoms in total. The van der Waals surface area contributed by atoms with E-state index >= 15 is 0 Å². The van der Waals surface area contributed by atoms with Crippen molar-refractivity contribution in [3.8, 4) is 11.9 Å². The number of likely N-dealkylation sites (N-methyl/N-ethyl adjacent to an activating group) is 1. The molecule has 0 amide bonds.